The highest BCUT2D eigenvalue weighted by molar-refractivity contribution is 6.94. The van der Waals surface area contributed by atoms with Crippen molar-refractivity contribution >= 4 is 16.7 Å². The van der Waals surface area contributed by atoms with Crippen LogP contribution in [-0.2, 0) is 4.43 Å². The summed E-state index contributed by atoms with van der Waals surface area (Å²) < 4.78 is 9.97. The Labute approximate surface area is 124 Å². The van der Waals surface area contributed by atoms with Gasteiger partial charge in [-0.2, -0.15) is 0 Å². The smallest absolute Gasteiger partial charge is 0.255 e. The molecule has 0 saturated carbocycles. The maximum Gasteiger partial charge on any atom is 0.255 e. The molecule has 0 aliphatic carbocycles. The van der Waals surface area contributed by atoms with Gasteiger partial charge in [0, 0.05) is 7.11 Å². The summed E-state index contributed by atoms with van der Waals surface area (Å²) in [6.07, 6.45) is 0. The first-order chi connectivity index (χ1) is 8.02. The van der Waals surface area contributed by atoms with Crippen molar-refractivity contribution in [2.24, 2.45) is 0 Å². The van der Waals surface area contributed by atoms with Gasteiger partial charge < -0.3 is 9.07 Å². The first-order valence-electron chi connectivity index (χ1n) is 7.36. The molecule has 0 amide bonds. The van der Waals surface area contributed by atoms with Crippen LogP contribution in [0.2, 0.25) is 28.2 Å². The van der Waals surface area contributed by atoms with Crippen molar-refractivity contribution in [1.29, 1.82) is 0 Å². The lowest BCUT2D eigenvalue weighted by Gasteiger charge is -2.61. The number of rotatable bonds is 3. The molecule has 0 heterocycles. The highest BCUT2D eigenvalue weighted by atomic mass is 28.4. The van der Waals surface area contributed by atoms with Crippen LogP contribution in [0.5, 0.6) is 0 Å². The van der Waals surface area contributed by atoms with Gasteiger partial charge in [0.2, 0.25) is 0 Å². The van der Waals surface area contributed by atoms with Gasteiger partial charge in [-0.25, -0.2) is 0 Å². The van der Waals surface area contributed by atoms with Crippen molar-refractivity contribution in [1.82, 2.24) is 4.65 Å². The van der Waals surface area contributed by atoms with Gasteiger partial charge in [0.25, 0.3) is 8.48 Å². The lowest BCUT2D eigenvalue weighted by atomic mass is 10.2. The molecular formula is C15H37NOSi2. The Balaban J connectivity index is 6.13. The summed E-state index contributed by atoms with van der Waals surface area (Å²) in [4.78, 5) is 0. The summed E-state index contributed by atoms with van der Waals surface area (Å²) in [6.45, 7) is 26.2. The lowest BCUT2D eigenvalue weighted by Crippen LogP contribution is -2.75. The SMILES string of the molecule is CO[Si](C)(C)N[Si](C(C)(C)C)(C(C)(C)C)C(C)(C)C. The molecule has 0 saturated heterocycles. The average Bonchev–Trinajstić information content (AvgIpc) is 2.08. The van der Waals surface area contributed by atoms with Crippen LogP contribution in [0, 0.1) is 0 Å². The van der Waals surface area contributed by atoms with Gasteiger partial charge in [-0.3, -0.25) is 0 Å². The molecule has 19 heavy (non-hydrogen) atoms. The fourth-order valence-corrected chi connectivity index (χ4v) is 19.7. The Morgan fingerprint density at radius 2 is 0.947 bits per heavy atom. The van der Waals surface area contributed by atoms with Crippen LogP contribution >= 0.6 is 0 Å². The van der Waals surface area contributed by atoms with E-state index in [0.29, 0.717) is 0 Å². The quantitative estimate of drug-likeness (QED) is 0.717. The third-order valence-electron chi connectivity index (χ3n) is 4.37. The van der Waals surface area contributed by atoms with Crippen LogP contribution in [0.4, 0.5) is 0 Å². The minimum atomic E-state index is -1.87. The average molecular weight is 304 g/mol. The number of hydrogen-bond donors (Lipinski definition) is 1. The van der Waals surface area contributed by atoms with Gasteiger partial charge in [0.15, 0.2) is 0 Å². The van der Waals surface area contributed by atoms with E-state index >= 15 is 0 Å². The van der Waals surface area contributed by atoms with Crippen LogP contribution in [0.3, 0.4) is 0 Å². The van der Waals surface area contributed by atoms with Crippen molar-refractivity contribution in [3.05, 3.63) is 0 Å². The molecule has 0 aliphatic heterocycles. The molecule has 0 unspecified atom stereocenters. The van der Waals surface area contributed by atoms with E-state index in [2.05, 4.69) is 80.1 Å². The zero-order valence-electron chi connectivity index (χ0n) is 15.4. The highest BCUT2D eigenvalue weighted by Crippen LogP contribution is 2.60. The minimum Gasteiger partial charge on any atom is -0.407 e. The minimum absolute atomic E-state index is 0.270. The summed E-state index contributed by atoms with van der Waals surface area (Å²) in [6, 6.07) is 0. The van der Waals surface area contributed by atoms with E-state index in [-0.39, 0.29) is 15.1 Å². The molecule has 0 aromatic carbocycles. The van der Waals surface area contributed by atoms with E-state index in [9.17, 15) is 0 Å². The maximum atomic E-state index is 5.84. The van der Waals surface area contributed by atoms with Gasteiger partial charge in [-0.1, -0.05) is 62.3 Å². The van der Waals surface area contributed by atoms with Gasteiger partial charge in [0.1, 0.15) is 8.24 Å². The van der Waals surface area contributed by atoms with Crippen molar-refractivity contribution in [2.75, 3.05) is 7.11 Å². The van der Waals surface area contributed by atoms with Gasteiger partial charge in [-0.15, -0.1) is 0 Å². The molecule has 0 aromatic heterocycles. The molecule has 1 N–H and O–H groups in total. The first-order valence-corrected chi connectivity index (χ1v) is 12.3. The molecule has 0 bridgehead atoms. The van der Waals surface area contributed by atoms with Crippen LogP contribution in [0.25, 0.3) is 0 Å². The molecule has 0 spiro atoms. The molecule has 0 rings (SSSR count). The van der Waals surface area contributed by atoms with Crippen LogP contribution in [0.15, 0.2) is 0 Å². The topological polar surface area (TPSA) is 21.3 Å². The highest BCUT2D eigenvalue weighted by Gasteiger charge is 2.61. The lowest BCUT2D eigenvalue weighted by molar-refractivity contribution is 0.392. The van der Waals surface area contributed by atoms with Crippen LogP contribution < -0.4 is 4.65 Å². The molecule has 0 atom stereocenters. The molecule has 116 valence electrons. The Bertz CT molecular complexity index is 270. The molecule has 0 aliphatic rings. The van der Waals surface area contributed by atoms with Crippen molar-refractivity contribution in [2.45, 2.75) is 90.5 Å². The van der Waals surface area contributed by atoms with E-state index in [1.807, 2.05) is 7.11 Å². The maximum absolute atomic E-state index is 5.84. The Morgan fingerprint density at radius 3 is 1.11 bits per heavy atom. The van der Waals surface area contributed by atoms with Gasteiger partial charge in [-0.05, 0) is 28.2 Å². The van der Waals surface area contributed by atoms with E-state index in [1.54, 1.807) is 0 Å². The molecule has 0 fully saturated rings. The zero-order chi connectivity index (χ0) is 15.9. The van der Waals surface area contributed by atoms with Gasteiger partial charge in [0.05, 0.1) is 0 Å². The molecule has 0 aromatic rings. The summed E-state index contributed by atoms with van der Waals surface area (Å²) in [5, 5.41) is 0.810. The first kappa shape index (κ1) is 19.4. The molecular weight excluding hydrogens is 266 g/mol. The summed E-state index contributed by atoms with van der Waals surface area (Å²) in [5.74, 6) is 0. The summed E-state index contributed by atoms with van der Waals surface area (Å²) in [7, 11) is -1.85. The van der Waals surface area contributed by atoms with E-state index in [1.165, 1.54) is 0 Å². The fraction of sp³-hybridized carbons (Fsp3) is 1.00. The predicted molar refractivity (Wildman–Crippen MR) is 92.5 cm³/mol. The Morgan fingerprint density at radius 1 is 0.684 bits per heavy atom. The Hall–Kier alpha value is 0.354. The van der Waals surface area contributed by atoms with Crippen molar-refractivity contribution in [3.8, 4) is 0 Å². The van der Waals surface area contributed by atoms with Crippen LogP contribution in [0.1, 0.15) is 62.3 Å². The fourth-order valence-electron chi connectivity index (χ4n) is 4.44. The molecule has 4 heteroatoms. The Kier molecular flexibility index (Phi) is 5.38. The second-order valence-corrected chi connectivity index (χ2v) is 19.8. The zero-order valence-corrected chi connectivity index (χ0v) is 17.4. The largest absolute Gasteiger partial charge is 0.407 e. The van der Waals surface area contributed by atoms with E-state index in [0.717, 1.165) is 0 Å². The third kappa shape index (κ3) is 3.71. The van der Waals surface area contributed by atoms with E-state index < -0.39 is 16.7 Å². The van der Waals surface area contributed by atoms with Crippen molar-refractivity contribution < 1.29 is 4.43 Å². The standard InChI is InChI=1S/C15H37NOSi2/c1-13(2,3)19(14(4,5)6,15(7,8)9)16-18(11,12)17-10/h16H,1-12H3. The normalized spacial score (nSPS) is 15.8. The van der Waals surface area contributed by atoms with Gasteiger partial charge >= 0.3 is 0 Å². The molecule has 0 radical (unpaired) electrons. The number of hydrogen-bond acceptors (Lipinski definition) is 2. The number of nitrogens with one attached hydrogen (secondary N) is 1. The second kappa shape index (κ2) is 5.28. The predicted octanol–water partition coefficient (Wildman–Crippen LogP) is 5.27. The third-order valence-corrected chi connectivity index (χ3v) is 16.1. The summed E-state index contributed by atoms with van der Waals surface area (Å²) in [5.41, 5.74) is 0. The monoisotopic (exact) mass is 303 g/mol. The van der Waals surface area contributed by atoms with Crippen molar-refractivity contribution in [3.63, 3.8) is 0 Å². The second-order valence-electron chi connectivity index (χ2n) is 9.34. The molecule has 2 nitrogen and oxygen atoms in total. The summed E-state index contributed by atoms with van der Waals surface area (Å²) >= 11 is 0. The van der Waals surface area contributed by atoms with E-state index in [4.69, 9.17) is 4.43 Å². The van der Waals surface area contributed by atoms with Crippen LogP contribution in [-0.4, -0.2) is 23.8 Å².